The third-order valence-electron chi connectivity index (χ3n) is 4.46. The fourth-order valence-electron chi connectivity index (χ4n) is 3.04. The molecule has 4 heteroatoms. The molecule has 1 aliphatic rings. The number of nitrogens with zero attached hydrogens (tertiary/aromatic N) is 1. The molecular weight excluding hydrogens is 312 g/mol. The normalized spacial score (nSPS) is 14.9. The van der Waals surface area contributed by atoms with E-state index >= 15 is 0 Å². The van der Waals surface area contributed by atoms with Crippen molar-refractivity contribution in [2.75, 3.05) is 25.0 Å². The van der Waals surface area contributed by atoms with Crippen LogP contribution in [-0.4, -0.2) is 30.4 Å². The lowest BCUT2D eigenvalue weighted by molar-refractivity contribution is -0.117. The van der Waals surface area contributed by atoms with Gasteiger partial charge in [0.05, 0.1) is 6.54 Å². The number of hydrogen-bond acceptors (Lipinski definition) is 3. The van der Waals surface area contributed by atoms with Gasteiger partial charge in [-0.3, -0.25) is 9.69 Å². The topological polar surface area (TPSA) is 41.6 Å². The summed E-state index contributed by atoms with van der Waals surface area (Å²) in [5.41, 5.74) is 3.15. The van der Waals surface area contributed by atoms with Gasteiger partial charge in [0.25, 0.3) is 0 Å². The van der Waals surface area contributed by atoms with Gasteiger partial charge in [0.1, 0.15) is 12.4 Å². The van der Waals surface area contributed by atoms with Crippen molar-refractivity contribution in [3.05, 3.63) is 59.7 Å². The molecule has 0 atom stereocenters. The van der Waals surface area contributed by atoms with Crippen LogP contribution in [0.2, 0.25) is 0 Å². The lowest BCUT2D eigenvalue weighted by Crippen LogP contribution is -2.36. The Hall–Kier alpha value is -2.33. The zero-order valence-electron chi connectivity index (χ0n) is 14.8. The fraction of sp³-hybridized carbons (Fsp3) is 0.381. The number of benzene rings is 2. The molecule has 3 rings (SSSR count). The summed E-state index contributed by atoms with van der Waals surface area (Å²) in [6, 6.07) is 15.9. The van der Waals surface area contributed by atoms with Crippen LogP contribution in [0.4, 0.5) is 5.69 Å². The van der Waals surface area contributed by atoms with E-state index < -0.39 is 0 Å². The summed E-state index contributed by atoms with van der Waals surface area (Å²) in [5, 5.41) is 2.97. The van der Waals surface area contributed by atoms with E-state index in [-0.39, 0.29) is 5.91 Å². The van der Waals surface area contributed by atoms with E-state index in [1.165, 1.54) is 24.8 Å². The van der Waals surface area contributed by atoms with Crippen LogP contribution in [0.25, 0.3) is 0 Å². The van der Waals surface area contributed by atoms with E-state index in [1.54, 1.807) is 0 Å². The Bertz CT molecular complexity index is 691. The summed E-state index contributed by atoms with van der Waals surface area (Å²) in [6.45, 7) is 5.10. The van der Waals surface area contributed by atoms with E-state index in [0.29, 0.717) is 13.2 Å². The van der Waals surface area contributed by atoms with Gasteiger partial charge in [0.2, 0.25) is 5.91 Å². The van der Waals surface area contributed by atoms with Gasteiger partial charge in [0, 0.05) is 11.8 Å². The summed E-state index contributed by atoms with van der Waals surface area (Å²) in [6.07, 6.45) is 3.66. The Balaban J connectivity index is 1.51. The minimum Gasteiger partial charge on any atom is -0.489 e. The Morgan fingerprint density at radius 2 is 1.84 bits per heavy atom. The standard InChI is InChI=1S/C21H26N2O2/c1-17-8-10-18(11-9-17)16-25-20-7-5-6-19(14-20)22-21(24)15-23-12-3-2-4-13-23/h5-11,14H,2-4,12-13,15-16H2,1H3,(H,22,24). The quantitative estimate of drug-likeness (QED) is 0.865. The molecule has 0 bridgehead atoms. The Kier molecular flexibility index (Phi) is 6.07. The predicted octanol–water partition coefficient (Wildman–Crippen LogP) is 4.00. The zero-order valence-corrected chi connectivity index (χ0v) is 14.8. The molecule has 1 amide bonds. The maximum Gasteiger partial charge on any atom is 0.238 e. The van der Waals surface area contributed by atoms with E-state index in [2.05, 4.69) is 41.4 Å². The fourth-order valence-corrected chi connectivity index (χ4v) is 3.04. The monoisotopic (exact) mass is 338 g/mol. The first-order valence-corrected chi connectivity index (χ1v) is 9.00. The summed E-state index contributed by atoms with van der Waals surface area (Å²) in [4.78, 5) is 14.4. The molecule has 2 aromatic rings. The third kappa shape index (κ3) is 5.61. The number of ether oxygens (including phenoxy) is 1. The molecule has 2 aromatic carbocycles. The summed E-state index contributed by atoms with van der Waals surface area (Å²) in [5.74, 6) is 0.800. The van der Waals surface area contributed by atoms with E-state index in [0.717, 1.165) is 30.1 Å². The largest absolute Gasteiger partial charge is 0.489 e. The molecule has 0 spiro atoms. The maximum atomic E-state index is 12.2. The van der Waals surface area contributed by atoms with Crippen molar-refractivity contribution in [2.24, 2.45) is 0 Å². The Labute approximate surface area is 149 Å². The van der Waals surface area contributed by atoms with Gasteiger partial charge in [0.15, 0.2) is 0 Å². The van der Waals surface area contributed by atoms with Crippen LogP contribution in [0.1, 0.15) is 30.4 Å². The maximum absolute atomic E-state index is 12.2. The number of anilines is 1. The van der Waals surface area contributed by atoms with Crippen molar-refractivity contribution in [2.45, 2.75) is 32.8 Å². The molecule has 1 aliphatic heterocycles. The molecule has 0 saturated carbocycles. The number of carbonyl (C=O) groups is 1. The van der Waals surface area contributed by atoms with Gasteiger partial charge in [-0.1, -0.05) is 42.3 Å². The highest BCUT2D eigenvalue weighted by Crippen LogP contribution is 2.19. The van der Waals surface area contributed by atoms with Crippen molar-refractivity contribution in [1.82, 2.24) is 4.90 Å². The number of hydrogen-bond donors (Lipinski definition) is 1. The van der Waals surface area contributed by atoms with Crippen molar-refractivity contribution in [1.29, 1.82) is 0 Å². The summed E-state index contributed by atoms with van der Waals surface area (Å²) < 4.78 is 5.84. The van der Waals surface area contributed by atoms with Crippen LogP contribution < -0.4 is 10.1 Å². The van der Waals surface area contributed by atoms with Crippen molar-refractivity contribution < 1.29 is 9.53 Å². The molecule has 1 heterocycles. The number of carbonyl (C=O) groups excluding carboxylic acids is 1. The van der Waals surface area contributed by atoms with E-state index in [1.807, 2.05) is 24.3 Å². The van der Waals surface area contributed by atoms with Crippen LogP contribution >= 0.6 is 0 Å². The molecule has 0 unspecified atom stereocenters. The molecule has 4 nitrogen and oxygen atoms in total. The van der Waals surface area contributed by atoms with Gasteiger partial charge in [-0.05, 0) is 50.6 Å². The van der Waals surface area contributed by atoms with E-state index in [4.69, 9.17) is 4.74 Å². The van der Waals surface area contributed by atoms with Gasteiger partial charge in [-0.25, -0.2) is 0 Å². The summed E-state index contributed by atoms with van der Waals surface area (Å²) >= 11 is 0. The molecule has 1 N–H and O–H groups in total. The van der Waals surface area contributed by atoms with Crippen molar-refractivity contribution in [3.63, 3.8) is 0 Å². The molecule has 1 saturated heterocycles. The Morgan fingerprint density at radius 1 is 1.08 bits per heavy atom. The molecule has 1 fully saturated rings. The van der Waals surface area contributed by atoms with Gasteiger partial charge >= 0.3 is 0 Å². The number of aryl methyl sites for hydroxylation is 1. The second kappa shape index (κ2) is 8.67. The number of nitrogens with one attached hydrogen (secondary N) is 1. The average molecular weight is 338 g/mol. The SMILES string of the molecule is Cc1ccc(COc2cccc(NC(=O)CN3CCCCC3)c2)cc1. The highest BCUT2D eigenvalue weighted by Gasteiger charge is 2.13. The second-order valence-electron chi connectivity index (χ2n) is 6.69. The first-order chi connectivity index (χ1) is 12.2. The molecule has 132 valence electrons. The minimum absolute atomic E-state index is 0.0394. The zero-order chi connectivity index (χ0) is 17.5. The lowest BCUT2D eigenvalue weighted by atomic mass is 10.1. The van der Waals surface area contributed by atoms with Crippen LogP contribution in [0.3, 0.4) is 0 Å². The van der Waals surface area contributed by atoms with Crippen LogP contribution in [-0.2, 0) is 11.4 Å². The molecule has 0 aromatic heterocycles. The van der Waals surface area contributed by atoms with Gasteiger partial charge in [-0.15, -0.1) is 0 Å². The molecular formula is C21H26N2O2. The first-order valence-electron chi connectivity index (χ1n) is 9.00. The van der Waals surface area contributed by atoms with E-state index in [9.17, 15) is 4.79 Å². The van der Waals surface area contributed by atoms with Crippen LogP contribution in [0, 0.1) is 6.92 Å². The third-order valence-corrected chi connectivity index (χ3v) is 4.46. The predicted molar refractivity (Wildman–Crippen MR) is 101 cm³/mol. The molecule has 25 heavy (non-hydrogen) atoms. The van der Waals surface area contributed by atoms with Crippen LogP contribution in [0.5, 0.6) is 5.75 Å². The van der Waals surface area contributed by atoms with Crippen molar-refractivity contribution >= 4 is 11.6 Å². The van der Waals surface area contributed by atoms with Gasteiger partial charge in [-0.2, -0.15) is 0 Å². The number of amides is 1. The number of likely N-dealkylation sites (tertiary alicyclic amines) is 1. The number of piperidine rings is 1. The summed E-state index contributed by atoms with van der Waals surface area (Å²) in [7, 11) is 0. The average Bonchev–Trinajstić information content (AvgIpc) is 2.62. The van der Waals surface area contributed by atoms with Crippen molar-refractivity contribution in [3.8, 4) is 5.75 Å². The highest BCUT2D eigenvalue weighted by atomic mass is 16.5. The van der Waals surface area contributed by atoms with Gasteiger partial charge < -0.3 is 10.1 Å². The second-order valence-corrected chi connectivity index (χ2v) is 6.69. The first kappa shape index (κ1) is 17.5. The van der Waals surface area contributed by atoms with Crippen LogP contribution in [0.15, 0.2) is 48.5 Å². The lowest BCUT2D eigenvalue weighted by Gasteiger charge is -2.25. The highest BCUT2D eigenvalue weighted by molar-refractivity contribution is 5.92. The minimum atomic E-state index is 0.0394. The number of rotatable bonds is 6. The molecule has 0 radical (unpaired) electrons. The smallest absolute Gasteiger partial charge is 0.238 e. The molecule has 0 aliphatic carbocycles. The Morgan fingerprint density at radius 3 is 2.60 bits per heavy atom.